The highest BCUT2D eigenvalue weighted by Gasteiger charge is 2.30. The van der Waals surface area contributed by atoms with Crippen molar-refractivity contribution in [2.45, 2.75) is 19.9 Å². The van der Waals surface area contributed by atoms with E-state index < -0.39 is 0 Å². The molecule has 2 aromatic carbocycles. The van der Waals surface area contributed by atoms with Crippen molar-refractivity contribution in [1.29, 1.82) is 0 Å². The third kappa shape index (κ3) is 1.76. The van der Waals surface area contributed by atoms with Crippen molar-refractivity contribution < 1.29 is 0 Å². The molecule has 4 heteroatoms. The zero-order valence-corrected chi connectivity index (χ0v) is 12.1. The number of benzene rings is 2. The summed E-state index contributed by atoms with van der Waals surface area (Å²) in [5, 5.41) is 4.57. The van der Waals surface area contributed by atoms with Gasteiger partial charge in [-0.3, -0.25) is 4.90 Å². The smallest absolute Gasteiger partial charge is 0.233 e. The van der Waals surface area contributed by atoms with Crippen LogP contribution >= 0.6 is 0 Å². The molecule has 0 saturated carbocycles. The van der Waals surface area contributed by atoms with Crippen LogP contribution in [0.5, 0.6) is 0 Å². The molecule has 1 aliphatic rings. The van der Waals surface area contributed by atoms with Crippen LogP contribution in [0.4, 0.5) is 17.3 Å². The zero-order chi connectivity index (χ0) is 14.4. The van der Waals surface area contributed by atoms with E-state index in [1.165, 1.54) is 11.3 Å². The first-order valence-electron chi connectivity index (χ1n) is 7.13. The molecule has 0 aliphatic carbocycles. The number of aromatic nitrogens is 3. The summed E-state index contributed by atoms with van der Waals surface area (Å²) < 4.78 is 2.00. The van der Waals surface area contributed by atoms with E-state index in [2.05, 4.69) is 58.3 Å². The molecule has 21 heavy (non-hydrogen) atoms. The number of fused-ring (bicyclic) bond motifs is 2. The van der Waals surface area contributed by atoms with Gasteiger partial charge < -0.3 is 0 Å². The molecule has 0 saturated heterocycles. The molecule has 0 fully saturated rings. The van der Waals surface area contributed by atoms with Crippen LogP contribution < -0.4 is 4.90 Å². The van der Waals surface area contributed by atoms with Gasteiger partial charge >= 0.3 is 0 Å². The van der Waals surface area contributed by atoms with Gasteiger partial charge in [0.2, 0.25) is 5.95 Å². The Hall–Kier alpha value is -2.62. The van der Waals surface area contributed by atoms with E-state index in [1.54, 1.807) is 0 Å². The van der Waals surface area contributed by atoms with Gasteiger partial charge in [0.25, 0.3) is 0 Å². The maximum Gasteiger partial charge on any atom is 0.233 e. The second-order valence-electron chi connectivity index (χ2n) is 5.31. The fraction of sp³-hybridized carbons (Fsp3) is 0.176. The van der Waals surface area contributed by atoms with Crippen LogP contribution in [0.25, 0.3) is 0 Å². The topological polar surface area (TPSA) is 34.0 Å². The number of hydrogen-bond acceptors (Lipinski definition) is 3. The molecular weight excluding hydrogens is 260 g/mol. The molecule has 1 aromatic heterocycles. The lowest BCUT2D eigenvalue weighted by Gasteiger charge is -2.33. The Morgan fingerprint density at radius 1 is 0.952 bits per heavy atom. The van der Waals surface area contributed by atoms with Crippen molar-refractivity contribution in [1.82, 2.24) is 14.8 Å². The second kappa shape index (κ2) is 4.45. The number of anilines is 3. The Bertz CT molecular complexity index is 792. The summed E-state index contributed by atoms with van der Waals surface area (Å²) in [6.07, 6.45) is 0. The number of rotatable bonds is 1. The fourth-order valence-electron chi connectivity index (χ4n) is 2.95. The lowest BCUT2D eigenvalue weighted by molar-refractivity contribution is 0.550. The molecule has 104 valence electrons. The summed E-state index contributed by atoms with van der Waals surface area (Å²) in [5.41, 5.74) is 3.54. The third-order valence-corrected chi connectivity index (χ3v) is 3.93. The van der Waals surface area contributed by atoms with Crippen molar-refractivity contribution in [3.63, 3.8) is 0 Å². The van der Waals surface area contributed by atoms with Crippen molar-refractivity contribution in [3.05, 3.63) is 66.0 Å². The normalized spacial score (nSPS) is 16.5. The summed E-state index contributed by atoms with van der Waals surface area (Å²) in [6, 6.07) is 19.0. The van der Waals surface area contributed by atoms with E-state index in [9.17, 15) is 0 Å². The molecule has 0 radical (unpaired) electrons. The Balaban J connectivity index is 2.00. The molecule has 0 N–H and O–H groups in total. The monoisotopic (exact) mass is 276 g/mol. The summed E-state index contributed by atoms with van der Waals surface area (Å²) in [4.78, 5) is 6.81. The SMILES string of the molecule is Cc1nc2n(n1)C(C)c1ccccc1N2c1ccccc1. The first kappa shape index (κ1) is 12.1. The Morgan fingerprint density at radius 3 is 2.48 bits per heavy atom. The molecule has 1 atom stereocenters. The van der Waals surface area contributed by atoms with Gasteiger partial charge in [-0.2, -0.15) is 10.1 Å². The van der Waals surface area contributed by atoms with Gasteiger partial charge in [0.05, 0.1) is 11.7 Å². The standard InChI is InChI=1S/C17H16N4/c1-12-15-10-6-7-11-16(15)20(14-8-4-3-5-9-14)17-18-13(2)19-21(12)17/h3-12H,1-2H3. The van der Waals surface area contributed by atoms with E-state index >= 15 is 0 Å². The number of para-hydroxylation sites is 2. The largest absolute Gasteiger partial charge is 0.279 e. The van der Waals surface area contributed by atoms with Crippen LogP contribution in [0.2, 0.25) is 0 Å². The van der Waals surface area contributed by atoms with Crippen LogP contribution in [-0.4, -0.2) is 14.8 Å². The Labute approximate surface area is 123 Å². The maximum atomic E-state index is 4.64. The average Bonchev–Trinajstić information content (AvgIpc) is 2.90. The molecule has 1 unspecified atom stereocenters. The average molecular weight is 276 g/mol. The predicted octanol–water partition coefficient (Wildman–Crippen LogP) is 3.98. The van der Waals surface area contributed by atoms with Crippen LogP contribution in [0.15, 0.2) is 54.6 Å². The highest BCUT2D eigenvalue weighted by molar-refractivity contribution is 5.77. The molecule has 0 bridgehead atoms. The fourth-order valence-corrected chi connectivity index (χ4v) is 2.95. The summed E-state index contributed by atoms with van der Waals surface area (Å²) in [6.45, 7) is 4.10. The number of nitrogens with zero attached hydrogens (tertiary/aromatic N) is 4. The highest BCUT2D eigenvalue weighted by Crippen LogP contribution is 2.43. The Morgan fingerprint density at radius 2 is 1.67 bits per heavy atom. The molecule has 0 spiro atoms. The summed E-state index contributed by atoms with van der Waals surface area (Å²) in [7, 11) is 0. The molecule has 2 heterocycles. The first-order valence-corrected chi connectivity index (χ1v) is 7.13. The molecule has 0 amide bonds. The highest BCUT2D eigenvalue weighted by atomic mass is 15.5. The van der Waals surface area contributed by atoms with Crippen LogP contribution in [0.1, 0.15) is 24.4 Å². The lowest BCUT2D eigenvalue weighted by Crippen LogP contribution is -2.25. The zero-order valence-electron chi connectivity index (χ0n) is 12.1. The van der Waals surface area contributed by atoms with Crippen molar-refractivity contribution in [2.75, 3.05) is 4.90 Å². The van der Waals surface area contributed by atoms with Gasteiger partial charge in [0.15, 0.2) is 0 Å². The minimum Gasteiger partial charge on any atom is -0.279 e. The first-order chi connectivity index (χ1) is 10.3. The predicted molar refractivity (Wildman–Crippen MR) is 83.3 cm³/mol. The van der Waals surface area contributed by atoms with Crippen LogP contribution in [0, 0.1) is 6.92 Å². The maximum absolute atomic E-state index is 4.64. The minimum absolute atomic E-state index is 0.192. The van der Waals surface area contributed by atoms with Gasteiger partial charge in [-0.25, -0.2) is 4.68 Å². The molecule has 3 aromatic rings. The van der Waals surface area contributed by atoms with Crippen molar-refractivity contribution >= 4 is 17.3 Å². The molecule has 4 rings (SSSR count). The van der Waals surface area contributed by atoms with E-state index in [0.717, 1.165) is 17.5 Å². The summed E-state index contributed by atoms with van der Waals surface area (Å²) >= 11 is 0. The summed E-state index contributed by atoms with van der Waals surface area (Å²) in [5.74, 6) is 1.68. The van der Waals surface area contributed by atoms with Crippen molar-refractivity contribution in [2.24, 2.45) is 0 Å². The Kier molecular flexibility index (Phi) is 2.57. The quantitative estimate of drug-likeness (QED) is 0.674. The van der Waals surface area contributed by atoms with Crippen LogP contribution in [0.3, 0.4) is 0 Å². The van der Waals surface area contributed by atoms with Gasteiger partial charge in [-0.15, -0.1) is 0 Å². The third-order valence-electron chi connectivity index (χ3n) is 3.93. The van der Waals surface area contributed by atoms with E-state index in [1.807, 2.05) is 29.8 Å². The molecule has 4 nitrogen and oxygen atoms in total. The van der Waals surface area contributed by atoms with Crippen molar-refractivity contribution in [3.8, 4) is 0 Å². The van der Waals surface area contributed by atoms with Crippen LogP contribution in [-0.2, 0) is 0 Å². The second-order valence-corrected chi connectivity index (χ2v) is 5.31. The van der Waals surface area contributed by atoms with Gasteiger partial charge in [0.1, 0.15) is 5.82 Å². The molecular formula is C17H16N4. The number of hydrogen-bond donors (Lipinski definition) is 0. The molecule has 1 aliphatic heterocycles. The van der Waals surface area contributed by atoms with Gasteiger partial charge in [0, 0.05) is 11.3 Å². The van der Waals surface area contributed by atoms with E-state index in [0.29, 0.717) is 0 Å². The van der Waals surface area contributed by atoms with E-state index in [-0.39, 0.29) is 6.04 Å². The van der Waals surface area contributed by atoms with Gasteiger partial charge in [-0.05, 0) is 32.0 Å². The lowest BCUT2D eigenvalue weighted by atomic mass is 10.0. The van der Waals surface area contributed by atoms with E-state index in [4.69, 9.17) is 0 Å². The number of aryl methyl sites for hydroxylation is 1. The minimum atomic E-state index is 0.192. The van der Waals surface area contributed by atoms with Gasteiger partial charge in [-0.1, -0.05) is 36.4 Å².